The molecular weight excluding hydrogens is 488 g/mol. The van der Waals surface area contributed by atoms with Crippen molar-refractivity contribution < 1.29 is 18.0 Å². The molecule has 3 aliphatic rings. The smallest absolute Gasteiger partial charge is 0.271 e. The molecule has 0 unspecified atom stereocenters. The molecule has 8 nitrogen and oxygen atoms in total. The van der Waals surface area contributed by atoms with E-state index in [9.17, 15) is 13.2 Å². The van der Waals surface area contributed by atoms with Gasteiger partial charge in [0, 0.05) is 58.5 Å². The van der Waals surface area contributed by atoms with Gasteiger partial charge in [0.25, 0.3) is 5.91 Å². The Labute approximate surface area is 219 Å². The van der Waals surface area contributed by atoms with Crippen molar-refractivity contribution in [2.75, 3.05) is 45.8 Å². The predicted molar refractivity (Wildman–Crippen MR) is 144 cm³/mol. The van der Waals surface area contributed by atoms with Gasteiger partial charge in [-0.2, -0.15) is 0 Å². The number of piperazine rings is 1. The standard InChI is InChI=1S/C28H36N4O4S/c33-27(31-20-18-30(19-21-31)15-7-12-24-8-3-1-4-9-24)26-22-28(36-29-26)13-16-32(17-14-28)37(34,35)23-25-10-5-2-6-11-25/h1-6,8-11H,7,12-23H2. The lowest BCUT2D eigenvalue weighted by atomic mass is 9.87. The van der Waals surface area contributed by atoms with Crippen LogP contribution in [-0.2, 0) is 31.8 Å². The van der Waals surface area contributed by atoms with Crippen molar-refractivity contribution in [2.24, 2.45) is 5.16 Å². The summed E-state index contributed by atoms with van der Waals surface area (Å²) in [5, 5.41) is 4.19. The van der Waals surface area contributed by atoms with Gasteiger partial charge in [-0.1, -0.05) is 65.8 Å². The maximum atomic E-state index is 13.1. The highest BCUT2D eigenvalue weighted by Gasteiger charge is 2.46. The summed E-state index contributed by atoms with van der Waals surface area (Å²) in [6.07, 6.45) is 3.71. The lowest BCUT2D eigenvalue weighted by molar-refractivity contribution is -0.125. The first kappa shape index (κ1) is 25.9. The molecule has 3 heterocycles. The van der Waals surface area contributed by atoms with Crippen LogP contribution in [0.1, 0.15) is 36.8 Å². The summed E-state index contributed by atoms with van der Waals surface area (Å²) in [6, 6.07) is 19.8. The first-order valence-corrected chi connectivity index (χ1v) is 14.9. The summed E-state index contributed by atoms with van der Waals surface area (Å²) in [7, 11) is -3.40. The van der Waals surface area contributed by atoms with Crippen LogP contribution in [-0.4, -0.2) is 85.6 Å². The highest BCUT2D eigenvalue weighted by Crippen LogP contribution is 2.36. The maximum Gasteiger partial charge on any atom is 0.271 e. The molecule has 0 atom stereocenters. The Morgan fingerprint density at radius 3 is 2.14 bits per heavy atom. The van der Waals surface area contributed by atoms with Crippen molar-refractivity contribution in [1.29, 1.82) is 0 Å². The van der Waals surface area contributed by atoms with Gasteiger partial charge in [-0.25, -0.2) is 12.7 Å². The number of carbonyl (C=O) groups is 1. The highest BCUT2D eigenvalue weighted by molar-refractivity contribution is 7.88. The summed E-state index contributed by atoms with van der Waals surface area (Å²) in [6.45, 7) is 4.93. The van der Waals surface area contributed by atoms with Crippen LogP contribution < -0.4 is 0 Å². The Balaban J connectivity index is 1.05. The summed E-state index contributed by atoms with van der Waals surface area (Å²) >= 11 is 0. The van der Waals surface area contributed by atoms with Crippen molar-refractivity contribution in [3.8, 4) is 0 Å². The fraction of sp³-hybridized carbons (Fsp3) is 0.500. The normalized spacial score (nSPS) is 20.5. The third-order valence-corrected chi connectivity index (χ3v) is 9.60. The van der Waals surface area contributed by atoms with Gasteiger partial charge in [0.15, 0.2) is 0 Å². The predicted octanol–water partition coefficient (Wildman–Crippen LogP) is 2.90. The largest absolute Gasteiger partial charge is 0.388 e. The van der Waals surface area contributed by atoms with Crippen molar-refractivity contribution in [3.05, 3.63) is 71.8 Å². The fourth-order valence-electron chi connectivity index (χ4n) is 5.46. The number of rotatable bonds is 8. The average molecular weight is 525 g/mol. The van der Waals surface area contributed by atoms with Crippen LogP contribution in [0.15, 0.2) is 65.8 Å². The van der Waals surface area contributed by atoms with E-state index in [0.29, 0.717) is 51.2 Å². The molecule has 0 bridgehead atoms. The number of aryl methyl sites for hydroxylation is 1. The average Bonchev–Trinajstić information content (AvgIpc) is 3.33. The zero-order chi connectivity index (χ0) is 25.7. The third-order valence-electron chi connectivity index (χ3n) is 7.75. The molecule has 0 radical (unpaired) electrons. The first-order chi connectivity index (χ1) is 17.9. The van der Waals surface area contributed by atoms with Crippen molar-refractivity contribution in [1.82, 2.24) is 14.1 Å². The van der Waals surface area contributed by atoms with Gasteiger partial charge in [-0.05, 0) is 30.5 Å². The lowest BCUT2D eigenvalue weighted by Gasteiger charge is -2.37. The van der Waals surface area contributed by atoms with E-state index in [1.54, 1.807) is 4.31 Å². The van der Waals surface area contributed by atoms with Crippen LogP contribution in [0.3, 0.4) is 0 Å². The van der Waals surface area contributed by atoms with Gasteiger partial charge in [-0.15, -0.1) is 0 Å². The zero-order valence-electron chi connectivity index (χ0n) is 21.3. The second-order valence-corrected chi connectivity index (χ2v) is 12.3. The summed E-state index contributed by atoms with van der Waals surface area (Å²) < 4.78 is 27.3. The van der Waals surface area contributed by atoms with Crippen molar-refractivity contribution >= 4 is 21.6 Å². The molecule has 2 aromatic rings. The molecule has 2 saturated heterocycles. The minimum atomic E-state index is -3.40. The van der Waals surface area contributed by atoms with E-state index in [4.69, 9.17) is 4.84 Å². The number of carbonyl (C=O) groups excluding carboxylic acids is 1. The third kappa shape index (κ3) is 6.40. The van der Waals surface area contributed by atoms with E-state index in [1.165, 1.54) is 5.56 Å². The van der Waals surface area contributed by atoms with Crippen molar-refractivity contribution in [3.63, 3.8) is 0 Å². The number of hydrogen-bond donors (Lipinski definition) is 0. The minimum absolute atomic E-state index is 0.000165. The molecule has 2 aromatic carbocycles. The number of piperidine rings is 1. The van der Waals surface area contributed by atoms with Crippen LogP contribution in [0.4, 0.5) is 0 Å². The second kappa shape index (κ2) is 11.3. The maximum absolute atomic E-state index is 13.1. The number of nitrogens with zero attached hydrogens (tertiary/aromatic N) is 4. The highest BCUT2D eigenvalue weighted by atomic mass is 32.2. The van der Waals surface area contributed by atoms with E-state index in [-0.39, 0.29) is 11.7 Å². The Morgan fingerprint density at radius 2 is 1.49 bits per heavy atom. The van der Waals surface area contributed by atoms with E-state index in [2.05, 4.69) is 34.3 Å². The van der Waals surface area contributed by atoms with E-state index < -0.39 is 15.6 Å². The Kier molecular flexibility index (Phi) is 7.92. The van der Waals surface area contributed by atoms with Gasteiger partial charge < -0.3 is 9.74 Å². The summed E-state index contributed by atoms with van der Waals surface area (Å²) in [5.41, 5.74) is 2.05. The molecule has 2 fully saturated rings. The molecule has 1 spiro atoms. The molecule has 5 rings (SSSR count). The Morgan fingerprint density at radius 1 is 0.865 bits per heavy atom. The number of oxime groups is 1. The van der Waals surface area contributed by atoms with Gasteiger partial charge in [0.2, 0.25) is 10.0 Å². The molecule has 37 heavy (non-hydrogen) atoms. The van der Waals surface area contributed by atoms with Gasteiger partial charge in [0.05, 0.1) is 5.75 Å². The molecule has 9 heteroatoms. The SMILES string of the molecule is O=C(C1=NOC2(CCN(S(=O)(=O)Cc3ccccc3)CC2)C1)N1CCN(CCCc2ccccc2)CC1. The Bertz CT molecular complexity index is 1190. The monoisotopic (exact) mass is 524 g/mol. The van der Waals surface area contributed by atoms with Gasteiger partial charge in [0.1, 0.15) is 11.3 Å². The second-order valence-electron chi connectivity index (χ2n) is 10.4. The fourth-order valence-corrected chi connectivity index (χ4v) is 7.00. The van der Waals surface area contributed by atoms with E-state index in [1.807, 2.05) is 41.3 Å². The minimum Gasteiger partial charge on any atom is -0.388 e. The molecule has 198 valence electrons. The van der Waals surface area contributed by atoms with Crippen molar-refractivity contribution in [2.45, 2.75) is 43.5 Å². The molecule has 0 aromatic heterocycles. The van der Waals surface area contributed by atoms with E-state index >= 15 is 0 Å². The molecule has 0 aliphatic carbocycles. The summed E-state index contributed by atoms with van der Waals surface area (Å²) in [5.74, 6) is -0.0416. The number of amides is 1. The molecule has 1 amide bonds. The number of sulfonamides is 1. The molecule has 0 N–H and O–H groups in total. The Hall–Kier alpha value is -2.75. The van der Waals surface area contributed by atoms with Gasteiger partial charge >= 0.3 is 0 Å². The summed E-state index contributed by atoms with van der Waals surface area (Å²) in [4.78, 5) is 23.3. The quantitative estimate of drug-likeness (QED) is 0.530. The zero-order valence-corrected chi connectivity index (χ0v) is 22.1. The van der Waals surface area contributed by atoms with Crippen LogP contribution >= 0.6 is 0 Å². The molecule has 0 saturated carbocycles. The van der Waals surface area contributed by atoms with Crippen LogP contribution in [0.25, 0.3) is 0 Å². The van der Waals surface area contributed by atoms with Crippen LogP contribution in [0.5, 0.6) is 0 Å². The van der Waals surface area contributed by atoms with Gasteiger partial charge in [-0.3, -0.25) is 9.69 Å². The molecular formula is C28H36N4O4S. The number of hydrogen-bond acceptors (Lipinski definition) is 6. The van der Waals surface area contributed by atoms with E-state index in [0.717, 1.165) is 38.0 Å². The van der Waals surface area contributed by atoms with Crippen LogP contribution in [0.2, 0.25) is 0 Å². The topological polar surface area (TPSA) is 82.5 Å². The van der Waals surface area contributed by atoms with Crippen LogP contribution in [0, 0.1) is 0 Å². The number of benzene rings is 2. The lowest BCUT2D eigenvalue weighted by Crippen LogP contribution is -2.51. The molecule has 3 aliphatic heterocycles. The first-order valence-electron chi connectivity index (χ1n) is 13.2.